The van der Waals surface area contributed by atoms with Crippen LogP contribution in [0.1, 0.15) is 24.5 Å². The highest BCUT2D eigenvalue weighted by Gasteiger charge is 2.34. The molecule has 4 aromatic rings. The first-order chi connectivity index (χ1) is 19.0. The Hall–Kier alpha value is -3.66. The number of piperidine rings is 1. The Morgan fingerprint density at radius 2 is 1.79 bits per heavy atom. The van der Waals surface area contributed by atoms with Crippen LogP contribution in [0.4, 0.5) is 20.2 Å². The molecule has 5 heterocycles. The number of benzene rings is 2. The molecule has 3 unspecified atom stereocenters. The van der Waals surface area contributed by atoms with E-state index in [1.165, 1.54) is 12.1 Å². The summed E-state index contributed by atoms with van der Waals surface area (Å²) in [6.07, 6.45) is 5.30. The number of anilines is 2. The lowest BCUT2D eigenvalue weighted by Crippen LogP contribution is -2.57. The van der Waals surface area contributed by atoms with Crippen LogP contribution in [0, 0.1) is 11.6 Å². The minimum absolute atomic E-state index is 0.00990. The largest absolute Gasteiger partial charge is 0.397 e. The topological polar surface area (TPSA) is 85.5 Å². The first-order valence-electron chi connectivity index (χ1n) is 13.4. The Morgan fingerprint density at radius 3 is 2.59 bits per heavy atom. The Kier molecular flexibility index (Phi) is 6.14. The van der Waals surface area contributed by atoms with Crippen molar-refractivity contribution in [2.24, 2.45) is 0 Å². The Bertz CT molecular complexity index is 1540. The third-order valence-electron chi connectivity index (χ3n) is 8.07. The first kappa shape index (κ1) is 24.4. The molecule has 3 saturated heterocycles. The van der Waals surface area contributed by atoms with Crippen LogP contribution in [-0.2, 0) is 9.47 Å². The standard InChI is InChI=1S/C30H29F2N5O2/c31-19-11-18(12-20(32)14-19)23-15-36-24-2-1-17(29-28(33)21(3-6-35-29)26-5-9-38-26)13-22(24)30(23)37-8-4-25-27(16-37)39-10-7-34-25/h1-3,6,11-15,25-27,34H,4-5,7-10,16,33H2. The van der Waals surface area contributed by atoms with Gasteiger partial charge in [0.05, 0.1) is 48.0 Å². The van der Waals surface area contributed by atoms with Crippen molar-refractivity contribution in [3.8, 4) is 22.4 Å². The predicted molar refractivity (Wildman–Crippen MR) is 146 cm³/mol. The van der Waals surface area contributed by atoms with Crippen LogP contribution in [0.5, 0.6) is 0 Å². The number of ether oxygens (including phenoxy) is 2. The van der Waals surface area contributed by atoms with Crippen LogP contribution in [-0.4, -0.2) is 55.0 Å². The summed E-state index contributed by atoms with van der Waals surface area (Å²) in [5, 5.41) is 4.42. The van der Waals surface area contributed by atoms with Gasteiger partial charge >= 0.3 is 0 Å². The Morgan fingerprint density at radius 1 is 0.949 bits per heavy atom. The van der Waals surface area contributed by atoms with E-state index in [4.69, 9.17) is 20.2 Å². The highest BCUT2D eigenvalue weighted by Crippen LogP contribution is 2.42. The molecule has 39 heavy (non-hydrogen) atoms. The van der Waals surface area contributed by atoms with Crippen molar-refractivity contribution in [3.05, 3.63) is 72.1 Å². The van der Waals surface area contributed by atoms with Gasteiger partial charge in [0.2, 0.25) is 0 Å². The van der Waals surface area contributed by atoms with Crippen molar-refractivity contribution in [1.82, 2.24) is 15.3 Å². The van der Waals surface area contributed by atoms with E-state index >= 15 is 0 Å². The molecular formula is C30H29F2N5O2. The minimum Gasteiger partial charge on any atom is -0.397 e. The molecule has 0 radical (unpaired) electrons. The fourth-order valence-electron chi connectivity index (χ4n) is 6.04. The number of fused-ring (bicyclic) bond motifs is 2. The van der Waals surface area contributed by atoms with Crippen LogP contribution in [0.25, 0.3) is 33.3 Å². The molecule has 9 heteroatoms. The highest BCUT2D eigenvalue weighted by molar-refractivity contribution is 6.02. The summed E-state index contributed by atoms with van der Waals surface area (Å²) >= 11 is 0. The number of rotatable bonds is 4. The average molecular weight is 530 g/mol. The molecule has 3 atom stereocenters. The maximum atomic E-state index is 14.4. The number of aromatic nitrogens is 2. The van der Waals surface area contributed by atoms with Gasteiger partial charge in [0.15, 0.2) is 0 Å². The van der Waals surface area contributed by atoms with E-state index in [1.54, 1.807) is 12.4 Å². The molecule has 3 fully saturated rings. The van der Waals surface area contributed by atoms with Crippen molar-refractivity contribution < 1.29 is 18.3 Å². The summed E-state index contributed by atoms with van der Waals surface area (Å²) in [5.41, 5.74) is 12.4. The summed E-state index contributed by atoms with van der Waals surface area (Å²) in [6.45, 7) is 3.65. The van der Waals surface area contributed by atoms with Gasteiger partial charge in [-0.05, 0) is 42.3 Å². The molecule has 7 nitrogen and oxygen atoms in total. The van der Waals surface area contributed by atoms with E-state index in [2.05, 4.69) is 15.2 Å². The smallest absolute Gasteiger partial charge is 0.126 e. The third kappa shape index (κ3) is 4.40. The van der Waals surface area contributed by atoms with Crippen LogP contribution >= 0.6 is 0 Å². The van der Waals surface area contributed by atoms with E-state index in [9.17, 15) is 8.78 Å². The van der Waals surface area contributed by atoms with Gasteiger partial charge in [-0.15, -0.1) is 0 Å². The number of nitrogens with two attached hydrogens (primary N) is 1. The van der Waals surface area contributed by atoms with E-state index < -0.39 is 11.6 Å². The van der Waals surface area contributed by atoms with E-state index in [-0.39, 0.29) is 18.2 Å². The van der Waals surface area contributed by atoms with Crippen molar-refractivity contribution >= 4 is 22.3 Å². The zero-order valence-electron chi connectivity index (χ0n) is 21.4. The summed E-state index contributed by atoms with van der Waals surface area (Å²) in [7, 11) is 0. The van der Waals surface area contributed by atoms with Crippen LogP contribution in [0.3, 0.4) is 0 Å². The number of morpholine rings is 1. The number of hydrogen-bond donors (Lipinski definition) is 2. The number of nitrogen functional groups attached to an aromatic ring is 1. The number of halogens is 2. The zero-order valence-corrected chi connectivity index (χ0v) is 21.4. The number of pyridine rings is 2. The molecule has 2 aromatic heterocycles. The quantitative estimate of drug-likeness (QED) is 0.391. The van der Waals surface area contributed by atoms with Gasteiger partial charge in [-0.3, -0.25) is 9.97 Å². The van der Waals surface area contributed by atoms with Gasteiger partial charge in [0.25, 0.3) is 0 Å². The fourth-order valence-corrected chi connectivity index (χ4v) is 6.04. The van der Waals surface area contributed by atoms with Gasteiger partial charge in [0.1, 0.15) is 11.6 Å². The normalized spacial score (nSPS) is 22.9. The molecule has 3 N–H and O–H groups in total. The molecule has 2 aromatic carbocycles. The number of hydrogen-bond acceptors (Lipinski definition) is 7. The van der Waals surface area contributed by atoms with Crippen molar-refractivity contribution in [2.45, 2.75) is 31.1 Å². The predicted octanol–water partition coefficient (Wildman–Crippen LogP) is 4.85. The van der Waals surface area contributed by atoms with Crippen molar-refractivity contribution in [3.63, 3.8) is 0 Å². The van der Waals surface area contributed by atoms with Gasteiger partial charge in [-0.1, -0.05) is 6.07 Å². The summed E-state index contributed by atoms with van der Waals surface area (Å²) in [4.78, 5) is 11.6. The molecular weight excluding hydrogens is 500 g/mol. The number of nitrogens with zero attached hydrogens (tertiary/aromatic N) is 3. The SMILES string of the molecule is Nc1c(C2CCO2)ccnc1-c1ccc2ncc(-c3cc(F)cc(F)c3)c(N3CCC4NCCOC4C3)c2c1. The second kappa shape index (κ2) is 9.82. The molecule has 0 saturated carbocycles. The van der Waals surface area contributed by atoms with E-state index in [0.29, 0.717) is 35.7 Å². The minimum atomic E-state index is -0.629. The van der Waals surface area contributed by atoms with E-state index in [1.807, 2.05) is 24.3 Å². The third-order valence-corrected chi connectivity index (χ3v) is 8.07. The van der Waals surface area contributed by atoms with Gasteiger partial charge in [-0.25, -0.2) is 8.78 Å². The molecule has 0 aliphatic carbocycles. The molecule has 0 bridgehead atoms. The van der Waals surface area contributed by atoms with Gasteiger partial charge < -0.3 is 25.4 Å². The van der Waals surface area contributed by atoms with Crippen LogP contribution in [0.2, 0.25) is 0 Å². The second-order valence-corrected chi connectivity index (χ2v) is 10.4. The summed E-state index contributed by atoms with van der Waals surface area (Å²) in [6, 6.07) is 11.7. The average Bonchev–Trinajstić information content (AvgIpc) is 2.91. The molecule has 3 aliphatic heterocycles. The second-order valence-electron chi connectivity index (χ2n) is 10.4. The lowest BCUT2D eigenvalue weighted by atomic mass is 9.94. The number of nitrogens with one attached hydrogen (secondary N) is 1. The molecule has 200 valence electrons. The first-order valence-corrected chi connectivity index (χ1v) is 13.4. The lowest BCUT2D eigenvalue weighted by Gasteiger charge is -2.43. The molecule has 7 rings (SSSR count). The molecule has 0 amide bonds. The Labute approximate surface area is 225 Å². The monoisotopic (exact) mass is 529 g/mol. The van der Waals surface area contributed by atoms with Crippen molar-refractivity contribution in [2.75, 3.05) is 43.5 Å². The fraction of sp³-hybridized carbons (Fsp3) is 0.333. The summed E-state index contributed by atoms with van der Waals surface area (Å²) in [5.74, 6) is -1.26. The van der Waals surface area contributed by atoms with Crippen LogP contribution in [0.15, 0.2) is 54.9 Å². The van der Waals surface area contributed by atoms with Crippen LogP contribution < -0.4 is 16.0 Å². The highest BCUT2D eigenvalue weighted by atomic mass is 19.1. The zero-order chi connectivity index (χ0) is 26.5. The molecule has 0 spiro atoms. The maximum Gasteiger partial charge on any atom is 0.126 e. The molecule has 3 aliphatic rings. The Balaban J connectivity index is 1.40. The van der Waals surface area contributed by atoms with Gasteiger partial charge in [0, 0.05) is 72.6 Å². The lowest BCUT2D eigenvalue weighted by molar-refractivity contribution is -0.0522. The summed E-state index contributed by atoms with van der Waals surface area (Å²) < 4.78 is 40.5. The van der Waals surface area contributed by atoms with E-state index in [0.717, 1.165) is 66.3 Å². The van der Waals surface area contributed by atoms with Gasteiger partial charge in [-0.2, -0.15) is 0 Å². The van der Waals surface area contributed by atoms with Crippen molar-refractivity contribution in [1.29, 1.82) is 0 Å². The maximum absolute atomic E-state index is 14.4.